The van der Waals surface area contributed by atoms with Crippen molar-refractivity contribution < 1.29 is 9.90 Å². The molecule has 0 unspecified atom stereocenters. The van der Waals surface area contributed by atoms with Gasteiger partial charge in [0, 0.05) is 25.2 Å². The zero-order chi connectivity index (χ0) is 15.1. The summed E-state index contributed by atoms with van der Waals surface area (Å²) >= 11 is 0. The molecule has 1 aromatic heterocycles. The van der Waals surface area contributed by atoms with E-state index in [2.05, 4.69) is 20.8 Å². The smallest absolute Gasteiger partial charge is 0.267 e. The van der Waals surface area contributed by atoms with Crippen LogP contribution in [-0.2, 0) is 24.1 Å². The topological polar surface area (TPSA) is 107 Å². The van der Waals surface area contributed by atoms with Gasteiger partial charge in [-0.1, -0.05) is 0 Å². The molecule has 0 aliphatic heterocycles. The average molecular weight is 294 g/mol. The van der Waals surface area contributed by atoms with Crippen LogP contribution in [-0.4, -0.2) is 47.5 Å². The molecular weight excluding hydrogens is 272 g/mol. The first-order chi connectivity index (χ1) is 10.2. The maximum Gasteiger partial charge on any atom is 0.267 e. The van der Waals surface area contributed by atoms with Gasteiger partial charge in [-0.05, 0) is 31.2 Å². The highest BCUT2D eigenvalue weighted by Gasteiger charge is 2.19. The van der Waals surface area contributed by atoms with Gasteiger partial charge in [-0.15, -0.1) is 0 Å². The van der Waals surface area contributed by atoms with E-state index in [1.807, 2.05) is 0 Å². The van der Waals surface area contributed by atoms with Gasteiger partial charge in [0.1, 0.15) is 0 Å². The van der Waals surface area contributed by atoms with Crippen molar-refractivity contribution in [2.75, 3.05) is 26.2 Å². The molecule has 0 bridgehead atoms. The Bertz CT molecular complexity index is 542. The number of amides is 1. The number of nitrogens with zero attached hydrogens (tertiary/aromatic N) is 1. The summed E-state index contributed by atoms with van der Waals surface area (Å²) in [5.41, 5.74) is 2.31. The van der Waals surface area contributed by atoms with Crippen LogP contribution >= 0.6 is 0 Å². The second-order valence-electron chi connectivity index (χ2n) is 5.16. The quantitative estimate of drug-likeness (QED) is 0.477. The van der Waals surface area contributed by atoms with Crippen molar-refractivity contribution >= 4 is 5.91 Å². The van der Waals surface area contributed by atoms with E-state index in [-0.39, 0.29) is 24.5 Å². The molecule has 4 N–H and O–H groups in total. The Morgan fingerprint density at radius 1 is 1.19 bits per heavy atom. The van der Waals surface area contributed by atoms with E-state index in [0.717, 1.165) is 36.8 Å². The Hall–Kier alpha value is -1.73. The lowest BCUT2D eigenvalue weighted by Crippen LogP contribution is -2.34. The number of hydrogen-bond acceptors (Lipinski definition) is 5. The van der Waals surface area contributed by atoms with E-state index in [1.54, 1.807) is 0 Å². The third-order valence-electron chi connectivity index (χ3n) is 3.62. The number of H-pyrrole nitrogens is 1. The van der Waals surface area contributed by atoms with E-state index in [0.29, 0.717) is 25.3 Å². The fourth-order valence-corrected chi connectivity index (χ4v) is 2.58. The van der Waals surface area contributed by atoms with Gasteiger partial charge in [-0.2, -0.15) is 5.10 Å². The number of hydrogen-bond donors (Lipinski definition) is 4. The lowest BCUT2D eigenvalue weighted by Gasteiger charge is -2.17. The number of rotatable bonds is 7. The van der Waals surface area contributed by atoms with Gasteiger partial charge in [-0.25, -0.2) is 5.10 Å². The third kappa shape index (κ3) is 4.37. The largest absolute Gasteiger partial charge is 0.395 e. The Kier molecular flexibility index (Phi) is 5.89. The molecule has 0 aromatic carbocycles. The molecule has 0 fully saturated rings. The summed E-state index contributed by atoms with van der Waals surface area (Å²) < 4.78 is 0. The van der Waals surface area contributed by atoms with Crippen molar-refractivity contribution in [2.24, 2.45) is 0 Å². The summed E-state index contributed by atoms with van der Waals surface area (Å²) in [7, 11) is 0. The fraction of sp³-hybridized carbons (Fsp3) is 0.643. The van der Waals surface area contributed by atoms with E-state index in [4.69, 9.17) is 5.11 Å². The minimum atomic E-state index is -0.123. The fourth-order valence-electron chi connectivity index (χ4n) is 2.58. The summed E-state index contributed by atoms with van der Waals surface area (Å²) in [5, 5.41) is 20.9. The third-order valence-corrected chi connectivity index (χ3v) is 3.62. The van der Waals surface area contributed by atoms with E-state index >= 15 is 0 Å². The second kappa shape index (κ2) is 7.90. The highest BCUT2D eigenvalue weighted by molar-refractivity contribution is 5.78. The average Bonchev–Trinajstić information content (AvgIpc) is 2.50. The number of carbonyl (C=O) groups excluding carboxylic acids is 1. The number of nitrogens with one attached hydrogen (secondary N) is 3. The van der Waals surface area contributed by atoms with Crippen LogP contribution in [0.5, 0.6) is 0 Å². The maximum absolute atomic E-state index is 11.9. The van der Waals surface area contributed by atoms with Crippen LogP contribution < -0.4 is 16.2 Å². The molecular formula is C14H22N4O3. The number of aliphatic hydroxyl groups excluding tert-OH is 1. The first-order valence-electron chi connectivity index (χ1n) is 7.40. The molecule has 0 radical (unpaired) electrons. The Morgan fingerprint density at radius 2 is 1.95 bits per heavy atom. The van der Waals surface area contributed by atoms with Gasteiger partial charge < -0.3 is 15.7 Å². The molecule has 1 aliphatic carbocycles. The molecule has 1 amide bonds. The number of aromatic nitrogens is 2. The van der Waals surface area contributed by atoms with E-state index < -0.39 is 0 Å². The Balaban J connectivity index is 1.91. The molecule has 2 rings (SSSR count). The van der Waals surface area contributed by atoms with Crippen LogP contribution in [0.1, 0.15) is 29.7 Å². The molecule has 0 saturated carbocycles. The minimum absolute atomic E-state index is 0.0847. The lowest BCUT2D eigenvalue weighted by atomic mass is 9.91. The normalized spacial score (nSPS) is 13.8. The van der Waals surface area contributed by atoms with Crippen LogP contribution in [0.4, 0.5) is 0 Å². The van der Waals surface area contributed by atoms with Gasteiger partial charge in [0.15, 0.2) is 0 Å². The molecule has 1 aromatic rings. The van der Waals surface area contributed by atoms with Crippen LogP contribution in [0, 0.1) is 0 Å². The SMILES string of the molecule is O=C(Cc1n[nH]c(=O)c2c1CCCC2)NCCNCCO. The highest BCUT2D eigenvalue weighted by Crippen LogP contribution is 2.20. The zero-order valence-electron chi connectivity index (χ0n) is 12.1. The van der Waals surface area contributed by atoms with Crippen LogP contribution in [0.3, 0.4) is 0 Å². The van der Waals surface area contributed by atoms with Gasteiger partial charge in [0.25, 0.3) is 5.56 Å². The van der Waals surface area contributed by atoms with Gasteiger partial charge in [0.2, 0.25) is 5.91 Å². The Morgan fingerprint density at radius 3 is 2.71 bits per heavy atom. The van der Waals surface area contributed by atoms with Crippen molar-refractivity contribution in [3.63, 3.8) is 0 Å². The lowest BCUT2D eigenvalue weighted by molar-refractivity contribution is -0.120. The molecule has 1 heterocycles. The molecule has 7 heteroatoms. The maximum atomic E-state index is 11.9. The zero-order valence-corrected chi connectivity index (χ0v) is 12.1. The molecule has 0 spiro atoms. The van der Waals surface area contributed by atoms with Crippen LogP contribution in [0.25, 0.3) is 0 Å². The number of fused-ring (bicyclic) bond motifs is 1. The standard InChI is InChI=1S/C14H22N4O3/c19-8-7-15-5-6-16-13(20)9-12-10-3-1-2-4-11(10)14(21)18-17-12/h15,19H,1-9H2,(H,16,20)(H,18,21). The highest BCUT2D eigenvalue weighted by atomic mass is 16.3. The van der Waals surface area contributed by atoms with E-state index in [9.17, 15) is 9.59 Å². The predicted molar refractivity (Wildman–Crippen MR) is 78.2 cm³/mol. The minimum Gasteiger partial charge on any atom is -0.395 e. The molecule has 7 nitrogen and oxygen atoms in total. The van der Waals surface area contributed by atoms with Crippen LogP contribution in [0.15, 0.2) is 4.79 Å². The molecule has 21 heavy (non-hydrogen) atoms. The second-order valence-corrected chi connectivity index (χ2v) is 5.16. The molecule has 0 atom stereocenters. The molecule has 1 aliphatic rings. The van der Waals surface area contributed by atoms with Crippen molar-refractivity contribution in [1.82, 2.24) is 20.8 Å². The van der Waals surface area contributed by atoms with Gasteiger partial charge in [-0.3, -0.25) is 9.59 Å². The van der Waals surface area contributed by atoms with Gasteiger partial charge in [0.05, 0.1) is 18.7 Å². The van der Waals surface area contributed by atoms with Crippen molar-refractivity contribution in [2.45, 2.75) is 32.1 Å². The van der Waals surface area contributed by atoms with E-state index in [1.165, 1.54) is 0 Å². The number of carbonyl (C=O) groups is 1. The summed E-state index contributed by atoms with van der Waals surface area (Å²) in [6.45, 7) is 1.72. The summed E-state index contributed by atoms with van der Waals surface area (Å²) in [6, 6.07) is 0. The van der Waals surface area contributed by atoms with Crippen LogP contribution in [0.2, 0.25) is 0 Å². The first kappa shape index (κ1) is 15.7. The van der Waals surface area contributed by atoms with Crippen molar-refractivity contribution in [1.29, 1.82) is 0 Å². The summed E-state index contributed by atoms with van der Waals surface area (Å²) in [4.78, 5) is 23.6. The van der Waals surface area contributed by atoms with Crippen molar-refractivity contribution in [3.05, 3.63) is 27.2 Å². The molecule has 116 valence electrons. The summed E-state index contributed by atoms with van der Waals surface area (Å²) in [6.07, 6.45) is 3.85. The Labute approximate surface area is 123 Å². The number of aromatic amines is 1. The number of aliphatic hydroxyl groups is 1. The van der Waals surface area contributed by atoms with Crippen molar-refractivity contribution in [3.8, 4) is 0 Å². The monoisotopic (exact) mass is 294 g/mol. The first-order valence-corrected chi connectivity index (χ1v) is 7.40. The predicted octanol–water partition coefficient (Wildman–Crippen LogP) is -1.11. The summed E-state index contributed by atoms with van der Waals surface area (Å²) in [5.74, 6) is -0.104. The molecule has 0 saturated heterocycles. The van der Waals surface area contributed by atoms with Gasteiger partial charge >= 0.3 is 0 Å².